The lowest BCUT2D eigenvalue weighted by Gasteiger charge is -2.14. The Hall–Kier alpha value is -0.300. The van der Waals surface area contributed by atoms with Crippen LogP contribution in [-0.2, 0) is 4.79 Å². The average molecular weight is 250 g/mol. The molecule has 72 valence electrons. The highest BCUT2D eigenvalue weighted by Gasteiger charge is 2.37. The van der Waals surface area contributed by atoms with Crippen molar-refractivity contribution in [3.8, 4) is 0 Å². The van der Waals surface area contributed by atoms with E-state index in [0.29, 0.717) is 0 Å². The normalized spacial score (nSPS) is 14.1. The van der Waals surface area contributed by atoms with Crippen LogP contribution >= 0.6 is 15.9 Å². The predicted molar refractivity (Wildman–Crippen MR) is 38.9 cm³/mol. The van der Waals surface area contributed by atoms with Crippen molar-refractivity contribution >= 4 is 21.8 Å². The van der Waals surface area contributed by atoms with Gasteiger partial charge in [-0.1, -0.05) is 15.9 Å². The summed E-state index contributed by atoms with van der Waals surface area (Å²) in [4.78, 5) is 10.4. The third-order valence-electron chi connectivity index (χ3n) is 0.992. The number of nitrogens with one attached hydrogen (secondary N) is 1. The molecule has 0 aromatic carbocycles. The summed E-state index contributed by atoms with van der Waals surface area (Å²) in [6.45, 7) is -0.812. The number of carbonyl (C=O) groups excluding carboxylic acids is 1. The van der Waals surface area contributed by atoms with Crippen LogP contribution < -0.4 is 5.32 Å². The number of hydrogen-bond donors (Lipinski definition) is 2. The van der Waals surface area contributed by atoms with E-state index in [9.17, 15) is 18.0 Å². The Morgan fingerprint density at radius 2 is 2.08 bits per heavy atom. The Balaban J connectivity index is 3.72. The molecular formula is C5H7BrF3NO2. The molecular weight excluding hydrogens is 243 g/mol. The first-order valence-electron chi connectivity index (χ1n) is 2.95. The molecule has 0 aliphatic heterocycles. The van der Waals surface area contributed by atoms with Crippen molar-refractivity contribution < 1.29 is 23.1 Å². The van der Waals surface area contributed by atoms with Crippen molar-refractivity contribution in [3.63, 3.8) is 0 Å². The van der Waals surface area contributed by atoms with Gasteiger partial charge in [0.15, 0.2) is 6.10 Å². The second-order valence-corrected chi connectivity index (χ2v) is 2.56. The molecule has 12 heavy (non-hydrogen) atoms. The van der Waals surface area contributed by atoms with Gasteiger partial charge in [0.05, 0.1) is 11.9 Å². The molecule has 0 aromatic heterocycles. The van der Waals surface area contributed by atoms with Crippen LogP contribution in [0.4, 0.5) is 13.2 Å². The quantitative estimate of drug-likeness (QED) is 0.713. The molecule has 1 atom stereocenters. The van der Waals surface area contributed by atoms with E-state index in [-0.39, 0.29) is 5.33 Å². The first kappa shape index (κ1) is 11.7. The van der Waals surface area contributed by atoms with Gasteiger partial charge in [0, 0.05) is 0 Å². The highest BCUT2D eigenvalue weighted by Crippen LogP contribution is 2.18. The van der Waals surface area contributed by atoms with Crippen LogP contribution in [0.2, 0.25) is 0 Å². The van der Waals surface area contributed by atoms with Crippen molar-refractivity contribution in [2.24, 2.45) is 0 Å². The van der Waals surface area contributed by atoms with E-state index in [0.717, 1.165) is 0 Å². The molecule has 0 fully saturated rings. The van der Waals surface area contributed by atoms with E-state index >= 15 is 0 Å². The van der Waals surface area contributed by atoms with Crippen molar-refractivity contribution in [2.45, 2.75) is 12.3 Å². The molecule has 0 bridgehead atoms. The number of amides is 1. The van der Waals surface area contributed by atoms with Crippen LogP contribution in [-0.4, -0.2) is 35.2 Å². The summed E-state index contributed by atoms with van der Waals surface area (Å²) >= 11 is 2.74. The molecule has 0 spiro atoms. The fourth-order valence-corrected chi connectivity index (χ4v) is 0.572. The highest BCUT2D eigenvalue weighted by molar-refractivity contribution is 9.09. The fraction of sp³-hybridized carbons (Fsp3) is 0.800. The first-order chi connectivity index (χ1) is 5.38. The Labute approximate surface area is 75.1 Å². The van der Waals surface area contributed by atoms with E-state index in [1.807, 2.05) is 5.32 Å². The minimum atomic E-state index is -4.68. The second-order valence-electron chi connectivity index (χ2n) is 2.00. The molecule has 0 aliphatic rings. The Morgan fingerprint density at radius 1 is 1.58 bits per heavy atom. The lowest BCUT2D eigenvalue weighted by Crippen LogP contribution is -2.41. The molecule has 0 saturated heterocycles. The van der Waals surface area contributed by atoms with E-state index in [4.69, 9.17) is 5.11 Å². The summed E-state index contributed by atoms with van der Waals surface area (Å²) in [6.07, 6.45) is -7.18. The number of hydrogen-bond acceptors (Lipinski definition) is 2. The van der Waals surface area contributed by atoms with Crippen LogP contribution in [0.5, 0.6) is 0 Å². The molecule has 1 unspecified atom stereocenters. The molecule has 0 aliphatic carbocycles. The smallest absolute Gasteiger partial charge is 0.382 e. The average Bonchev–Trinajstić information content (AvgIpc) is 1.97. The minimum absolute atomic E-state index is 0.0857. The van der Waals surface area contributed by atoms with Gasteiger partial charge in [0.2, 0.25) is 5.91 Å². The number of carbonyl (C=O) groups is 1. The fourth-order valence-electron chi connectivity index (χ4n) is 0.373. The third-order valence-corrected chi connectivity index (χ3v) is 1.50. The number of rotatable bonds is 3. The molecule has 3 nitrogen and oxygen atoms in total. The largest absolute Gasteiger partial charge is 0.416 e. The molecule has 2 N–H and O–H groups in total. The summed E-state index contributed by atoms with van der Waals surface area (Å²) < 4.78 is 34.8. The lowest BCUT2D eigenvalue weighted by atomic mass is 10.3. The summed E-state index contributed by atoms with van der Waals surface area (Å²) in [5.41, 5.74) is 0. The first-order valence-corrected chi connectivity index (χ1v) is 4.07. The van der Waals surface area contributed by atoms with Gasteiger partial charge in [-0.05, 0) is 0 Å². The maximum Gasteiger partial charge on any atom is 0.416 e. The van der Waals surface area contributed by atoms with E-state index in [1.54, 1.807) is 0 Å². The Kier molecular flexibility index (Phi) is 4.54. The zero-order chi connectivity index (χ0) is 9.78. The summed E-state index contributed by atoms with van der Waals surface area (Å²) in [7, 11) is 0. The molecule has 0 rings (SSSR count). The van der Waals surface area contributed by atoms with Gasteiger partial charge in [-0.3, -0.25) is 4.79 Å². The number of aliphatic hydroxyl groups is 1. The number of aliphatic hydroxyl groups excluding tert-OH is 1. The van der Waals surface area contributed by atoms with Crippen molar-refractivity contribution in [1.82, 2.24) is 5.32 Å². The van der Waals surface area contributed by atoms with E-state index < -0.39 is 24.7 Å². The standard InChI is InChI=1S/C5H7BrF3NO2/c6-1-4(12)10-2-3(11)5(7,8)9/h3,11H,1-2H2,(H,10,12). The summed E-state index contributed by atoms with van der Waals surface area (Å²) in [5, 5.41) is 10.2. The van der Waals surface area contributed by atoms with Crippen LogP contribution in [0.3, 0.4) is 0 Å². The number of alkyl halides is 4. The summed E-state index contributed by atoms with van der Waals surface area (Å²) in [6, 6.07) is 0. The van der Waals surface area contributed by atoms with Gasteiger partial charge >= 0.3 is 6.18 Å². The monoisotopic (exact) mass is 249 g/mol. The molecule has 0 heterocycles. The van der Waals surface area contributed by atoms with Gasteiger partial charge in [-0.25, -0.2) is 0 Å². The van der Waals surface area contributed by atoms with Crippen LogP contribution in [0, 0.1) is 0 Å². The topological polar surface area (TPSA) is 49.3 Å². The van der Waals surface area contributed by atoms with Crippen LogP contribution in [0.25, 0.3) is 0 Å². The molecule has 0 radical (unpaired) electrons. The summed E-state index contributed by atoms with van der Waals surface area (Å²) in [5.74, 6) is -0.599. The molecule has 0 saturated carbocycles. The maximum absolute atomic E-state index is 11.6. The third kappa shape index (κ3) is 4.55. The van der Waals surface area contributed by atoms with Crippen molar-refractivity contribution in [1.29, 1.82) is 0 Å². The Bertz CT molecular complexity index is 161. The number of halogens is 4. The molecule has 7 heteroatoms. The Morgan fingerprint density at radius 3 is 2.42 bits per heavy atom. The predicted octanol–water partition coefficient (Wildman–Crippen LogP) is 0.421. The van der Waals surface area contributed by atoms with Crippen LogP contribution in [0.15, 0.2) is 0 Å². The van der Waals surface area contributed by atoms with Gasteiger partial charge in [-0.15, -0.1) is 0 Å². The zero-order valence-electron chi connectivity index (χ0n) is 5.86. The molecule has 0 aromatic rings. The molecule has 1 amide bonds. The van der Waals surface area contributed by atoms with Gasteiger partial charge in [0.1, 0.15) is 0 Å². The van der Waals surface area contributed by atoms with E-state index in [1.165, 1.54) is 0 Å². The SMILES string of the molecule is O=C(CBr)NCC(O)C(F)(F)F. The minimum Gasteiger partial charge on any atom is -0.382 e. The lowest BCUT2D eigenvalue weighted by molar-refractivity contribution is -0.201. The van der Waals surface area contributed by atoms with Crippen molar-refractivity contribution in [2.75, 3.05) is 11.9 Å². The van der Waals surface area contributed by atoms with Gasteiger partial charge in [-0.2, -0.15) is 13.2 Å². The zero-order valence-corrected chi connectivity index (χ0v) is 7.44. The highest BCUT2D eigenvalue weighted by atomic mass is 79.9. The van der Waals surface area contributed by atoms with Gasteiger partial charge < -0.3 is 10.4 Å². The van der Waals surface area contributed by atoms with E-state index in [2.05, 4.69) is 15.9 Å². The van der Waals surface area contributed by atoms with Gasteiger partial charge in [0.25, 0.3) is 0 Å². The maximum atomic E-state index is 11.6. The van der Waals surface area contributed by atoms with Crippen LogP contribution in [0.1, 0.15) is 0 Å². The second kappa shape index (κ2) is 4.66. The van der Waals surface area contributed by atoms with Crippen molar-refractivity contribution in [3.05, 3.63) is 0 Å².